The molecular weight excluding hydrogens is 322 g/mol. The first kappa shape index (κ1) is 14.7. The Labute approximate surface area is 143 Å². The lowest BCUT2D eigenvalue weighted by Crippen LogP contribution is -2.43. The number of amides is 1. The average molecular weight is 337 g/mol. The third kappa shape index (κ3) is 2.32. The molecule has 0 fully saturated rings. The van der Waals surface area contributed by atoms with Crippen LogP contribution in [-0.4, -0.2) is 18.0 Å². The highest BCUT2D eigenvalue weighted by molar-refractivity contribution is 7.09. The summed E-state index contributed by atoms with van der Waals surface area (Å²) in [5.41, 5.74) is 3.96. The van der Waals surface area contributed by atoms with Crippen LogP contribution >= 0.6 is 11.3 Å². The summed E-state index contributed by atoms with van der Waals surface area (Å²) in [6.45, 7) is 0. The Kier molecular flexibility index (Phi) is 3.66. The molecule has 5 nitrogen and oxygen atoms in total. The summed E-state index contributed by atoms with van der Waals surface area (Å²) in [7, 11) is 1.61. The molecule has 3 aromatic rings. The number of anilines is 2. The summed E-state index contributed by atoms with van der Waals surface area (Å²) in [5, 5.41) is 3.45. The predicted molar refractivity (Wildman–Crippen MR) is 94.7 cm³/mol. The highest BCUT2D eigenvalue weighted by Crippen LogP contribution is 2.40. The number of rotatable bonds is 3. The molecule has 4 rings (SSSR count). The van der Waals surface area contributed by atoms with E-state index in [9.17, 15) is 4.79 Å². The molecule has 0 bridgehead atoms. The maximum Gasteiger partial charge on any atom is 0.262 e. The Morgan fingerprint density at radius 3 is 2.75 bits per heavy atom. The molecule has 0 spiro atoms. The fourth-order valence-electron chi connectivity index (χ4n) is 2.89. The smallest absolute Gasteiger partial charge is 0.262 e. The van der Waals surface area contributed by atoms with E-state index in [-0.39, 0.29) is 12.1 Å². The molecule has 24 heavy (non-hydrogen) atoms. The number of methoxy groups -OCH3 is 1. The van der Waals surface area contributed by atoms with Crippen molar-refractivity contribution in [3.63, 3.8) is 0 Å². The van der Waals surface area contributed by atoms with Gasteiger partial charge in [0.25, 0.3) is 5.91 Å². The molecule has 1 amide bonds. The minimum absolute atomic E-state index is 0.0627. The first-order valence-corrected chi connectivity index (χ1v) is 8.38. The van der Waals surface area contributed by atoms with Gasteiger partial charge in [0.1, 0.15) is 11.9 Å². The van der Waals surface area contributed by atoms with Crippen molar-refractivity contribution in [1.82, 2.24) is 4.98 Å². The summed E-state index contributed by atoms with van der Waals surface area (Å²) < 4.78 is 5.47. The van der Waals surface area contributed by atoms with Crippen LogP contribution in [0.5, 0.6) is 5.75 Å². The highest BCUT2D eigenvalue weighted by atomic mass is 32.1. The lowest BCUT2D eigenvalue weighted by Gasteiger charge is -2.37. The summed E-state index contributed by atoms with van der Waals surface area (Å²) in [4.78, 5) is 20.1. The first-order valence-electron chi connectivity index (χ1n) is 7.50. The van der Waals surface area contributed by atoms with E-state index in [4.69, 9.17) is 4.74 Å². The topological polar surface area (TPSA) is 54.5 Å². The van der Waals surface area contributed by atoms with Crippen LogP contribution in [0.1, 0.15) is 21.4 Å². The molecule has 0 radical (unpaired) electrons. The average Bonchev–Trinajstić information content (AvgIpc) is 3.16. The summed E-state index contributed by atoms with van der Waals surface area (Å²) in [6, 6.07) is 15.1. The number of hydrogen-bond acceptors (Lipinski definition) is 5. The van der Waals surface area contributed by atoms with Gasteiger partial charge in [-0.05, 0) is 24.3 Å². The molecule has 0 saturated heterocycles. The molecule has 1 aromatic heterocycles. The van der Waals surface area contributed by atoms with Crippen LogP contribution in [0, 0.1) is 0 Å². The van der Waals surface area contributed by atoms with E-state index >= 15 is 0 Å². The van der Waals surface area contributed by atoms with E-state index in [1.807, 2.05) is 48.5 Å². The summed E-state index contributed by atoms with van der Waals surface area (Å²) in [5.74, 6) is 0.591. The first-order chi connectivity index (χ1) is 11.8. The second kappa shape index (κ2) is 5.98. The van der Waals surface area contributed by atoms with E-state index in [0.29, 0.717) is 11.3 Å². The van der Waals surface area contributed by atoms with Gasteiger partial charge in [0.15, 0.2) is 0 Å². The van der Waals surface area contributed by atoms with Gasteiger partial charge < -0.3 is 10.1 Å². The number of aromatic nitrogens is 1. The van der Waals surface area contributed by atoms with Gasteiger partial charge in [-0.2, -0.15) is 0 Å². The minimum Gasteiger partial charge on any atom is -0.495 e. The number of ether oxygens (including phenoxy) is 1. The number of nitrogens with zero attached hydrogens (tertiary/aromatic N) is 2. The van der Waals surface area contributed by atoms with Crippen molar-refractivity contribution in [2.45, 2.75) is 6.17 Å². The largest absolute Gasteiger partial charge is 0.495 e. The highest BCUT2D eigenvalue weighted by Gasteiger charge is 2.36. The second-order valence-corrected chi connectivity index (χ2v) is 6.26. The van der Waals surface area contributed by atoms with Crippen molar-refractivity contribution in [3.8, 4) is 5.75 Å². The monoisotopic (exact) mass is 337 g/mol. The van der Waals surface area contributed by atoms with E-state index in [1.54, 1.807) is 23.7 Å². The van der Waals surface area contributed by atoms with Gasteiger partial charge in [0, 0.05) is 11.9 Å². The Morgan fingerprint density at radius 2 is 1.96 bits per heavy atom. The zero-order valence-electron chi connectivity index (χ0n) is 13.0. The van der Waals surface area contributed by atoms with Crippen LogP contribution in [0.15, 0.2) is 60.2 Å². The van der Waals surface area contributed by atoms with E-state index in [2.05, 4.69) is 10.3 Å². The lowest BCUT2D eigenvalue weighted by atomic mass is 10.1. The van der Waals surface area contributed by atoms with Crippen molar-refractivity contribution in [3.05, 3.63) is 70.7 Å². The fraction of sp³-hybridized carbons (Fsp3) is 0.111. The molecule has 6 heteroatoms. The number of carbonyl (C=O) groups excluding carboxylic acids is 1. The van der Waals surface area contributed by atoms with E-state index in [0.717, 1.165) is 16.3 Å². The quantitative estimate of drug-likeness (QED) is 0.787. The minimum atomic E-state index is -0.323. The number of nitrogens with one attached hydrogen (secondary N) is 1. The van der Waals surface area contributed by atoms with Crippen LogP contribution in [0.3, 0.4) is 0 Å². The Morgan fingerprint density at radius 1 is 1.17 bits per heavy atom. The van der Waals surface area contributed by atoms with Crippen molar-refractivity contribution < 1.29 is 9.53 Å². The zero-order valence-corrected chi connectivity index (χ0v) is 13.8. The SMILES string of the molecule is COc1ccccc1N1C(=O)c2ccccc2N[C@H]1c1cncs1. The molecule has 1 aliphatic rings. The summed E-state index contributed by atoms with van der Waals surface area (Å²) in [6.07, 6.45) is 1.46. The van der Waals surface area contributed by atoms with Gasteiger partial charge in [-0.1, -0.05) is 24.3 Å². The molecular formula is C18H15N3O2S. The maximum absolute atomic E-state index is 13.2. The maximum atomic E-state index is 13.2. The standard InChI is InChI=1S/C18H15N3O2S/c1-23-15-9-5-4-8-14(15)21-17(16-10-19-11-24-16)20-13-7-3-2-6-12(13)18(21)22/h2-11,17,20H,1H3/t17-/m1/s1. The fourth-order valence-corrected chi connectivity index (χ4v) is 3.55. The van der Waals surface area contributed by atoms with E-state index < -0.39 is 0 Å². The number of para-hydroxylation sites is 3. The van der Waals surface area contributed by atoms with Gasteiger partial charge in [-0.25, -0.2) is 0 Å². The summed E-state index contributed by atoms with van der Waals surface area (Å²) >= 11 is 1.51. The van der Waals surface area contributed by atoms with Crippen LogP contribution in [0.2, 0.25) is 0 Å². The van der Waals surface area contributed by atoms with Crippen LogP contribution in [0.4, 0.5) is 11.4 Å². The van der Waals surface area contributed by atoms with Crippen molar-refractivity contribution in [2.75, 3.05) is 17.3 Å². The molecule has 120 valence electrons. The molecule has 1 atom stereocenters. The number of fused-ring (bicyclic) bond motifs is 1. The van der Waals surface area contributed by atoms with Crippen molar-refractivity contribution >= 4 is 28.6 Å². The molecule has 2 aromatic carbocycles. The molecule has 2 heterocycles. The van der Waals surface area contributed by atoms with Crippen LogP contribution < -0.4 is 15.0 Å². The molecule has 1 N–H and O–H groups in total. The van der Waals surface area contributed by atoms with Gasteiger partial charge >= 0.3 is 0 Å². The number of benzene rings is 2. The molecule has 0 unspecified atom stereocenters. The molecule has 1 aliphatic heterocycles. The van der Waals surface area contributed by atoms with E-state index in [1.165, 1.54) is 11.3 Å². The van der Waals surface area contributed by atoms with Crippen LogP contribution in [-0.2, 0) is 0 Å². The number of carbonyl (C=O) groups is 1. The van der Waals surface area contributed by atoms with Crippen LogP contribution in [0.25, 0.3) is 0 Å². The normalized spacial score (nSPS) is 16.5. The van der Waals surface area contributed by atoms with Gasteiger partial charge in [0.05, 0.1) is 28.7 Å². The Bertz CT molecular complexity index is 879. The Balaban J connectivity index is 1.89. The lowest BCUT2D eigenvalue weighted by molar-refractivity contribution is 0.0974. The third-order valence-corrected chi connectivity index (χ3v) is 4.82. The second-order valence-electron chi connectivity index (χ2n) is 5.34. The van der Waals surface area contributed by atoms with Gasteiger partial charge in [-0.15, -0.1) is 11.3 Å². The molecule has 0 aliphatic carbocycles. The third-order valence-electron chi connectivity index (χ3n) is 3.99. The Hall–Kier alpha value is -2.86. The van der Waals surface area contributed by atoms with Crippen molar-refractivity contribution in [1.29, 1.82) is 0 Å². The van der Waals surface area contributed by atoms with Gasteiger partial charge in [0.2, 0.25) is 0 Å². The zero-order chi connectivity index (χ0) is 16.5. The van der Waals surface area contributed by atoms with Gasteiger partial charge in [-0.3, -0.25) is 14.7 Å². The predicted octanol–water partition coefficient (Wildman–Crippen LogP) is 3.92. The molecule has 0 saturated carbocycles. The van der Waals surface area contributed by atoms with Crippen molar-refractivity contribution in [2.24, 2.45) is 0 Å². The number of thiazole rings is 1. The number of hydrogen-bond donors (Lipinski definition) is 1.